The Morgan fingerprint density at radius 1 is 1.27 bits per heavy atom. The van der Waals surface area contributed by atoms with Crippen molar-refractivity contribution in [2.75, 3.05) is 6.16 Å². The van der Waals surface area contributed by atoms with E-state index in [9.17, 15) is 9.13 Å². The average Bonchev–Trinajstić information content (AvgIpc) is 1.55. The first kappa shape index (κ1) is 11.3. The average molecular weight is 204 g/mol. The van der Waals surface area contributed by atoms with E-state index in [-0.39, 0.29) is 6.16 Å². The Morgan fingerprint density at radius 3 is 2.00 bits per heavy atom. The van der Waals surface area contributed by atoms with Gasteiger partial charge in [-0.15, -0.1) is 0 Å². The minimum absolute atomic E-state index is 0.252. The van der Waals surface area contributed by atoms with E-state index >= 15 is 0 Å². The van der Waals surface area contributed by atoms with Gasteiger partial charge in [-0.05, 0) is 6.42 Å². The van der Waals surface area contributed by atoms with Crippen LogP contribution in [0, 0.1) is 0 Å². The van der Waals surface area contributed by atoms with Gasteiger partial charge < -0.3 is 14.7 Å². The maximum Gasteiger partial charge on any atom is 0.476 e. The summed E-state index contributed by atoms with van der Waals surface area (Å²) in [5, 5.41) is 0. The Kier molecular flexibility index (Phi) is 3.91. The topological polar surface area (TPSA) is 104 Å². The molecule has 0 fully saturated rings. The molecule has 0 saturated heterocycles. The highest BCUT2D eigenvalue weighted by atomic mass is 31.3. The number of hydrogen-bond donors (Lipinski definition) is 3. The number of rotatable bonds is 4. The molecule has 0 radical (unpaired) electrons. The molecular formula is C3H10O6P2. The van der Waals surface area contributed by atoms with Gasteiger partial charge in [0.1, 0.15) is 0 Å². The van der Waals surface area contributed by atoms with Crippen molar-refractivity contribution in [1.82, 2.24) is 0 Å². The molecule has 8 heteroatoms. The Morgan fingerprint density at radius 2 is 1.73 bits per heavy atom. The highest BCUT2D eigenvalue weighted by molar-refractivity contribution is 7.63. The van der Waals surface area contributed by atoms with Crippen LogP contribution < -0.4 is 0 Å². The fourth-order valence-corrected chi connectivity index (χ4v) is 2.71. The Hall–Kier alpha value is 0.300. The minimum Gasteiger partial charge on any atom is -0.324 e. The number of phosphoric acid groups is 1. The van der Waals surface area contributed by atoms with Gasteiger partial charge in [-0.3, -0.25) is 4.57 Å². The molecule has 0 bridgehead atoms. The zero-order valence-corrected chi connectivity index (χ0v) is 7.66. The molecule has 3 N–H and O–H groups in total. The van der Waals surface area contributed by atoms with Crippen LogP contribution in [0.5, 0.6) is 0 Å². The lowest BCUT2D eigenvalue weighted by Gasteiger charge is -2.10. The third-order valence-corrected chi connectivity index (χ3v) is 3.62. The zero-order chi connectivity index (χ0) is 9.12. The predicted octanol–water partition coefficient (Wildman–Crippen LogP) is 0.691. The van der Waals surface area contributed by atoms with Gasteiger partial charge in [0, 0.05) is 0 Å². The molecule has 0 aromatic heterocycles. The third kappa shape index (κ3) is 6.69. The van der Waals surface area contributed by atoms with E-state index in [4.69, 9.17) is 14.7 Å². The Bertz CT molecular complexity index is 206. The van der Waals surface area contributed by atoms with Gasteiger partial charge in [0.2, 0.25) is 0 Å². The molecule has 6 nitrogen and oxygen atoms in total. The van der Waals surface area contributed by atoms with E-state index in [0.717, 1.165) is 0 Å². The van der Waals surface area contributed by atoms with Crippen LogP contribution in [0.3, 0.4) is 0 Å². The van der Waals surface area contributed by atoms with E-state index in [2.05, 4.69) is 4.31 Å². The van der Waals surface area contributed by atoms with Crippen molar-refractivity contribution in [2.45, 2.75) is 13.3 Å². The quantitative estimate of drug-likeness (QED) is 0.582. The molecule has 0 saturated carbocycles. The number of hydrogen-bond acceptors (Lipinski definition) is 3. The molecular weight excluding hydrogens is 194 g/mol. The maximum atomic E-state index is 10.7. The molecule has 0 aromatic carbocycles. The van der Waals surface area contributed by atoms with Crippen LogP contribution in [0.1, 0.15) is 13.3 Å². The van der Waals surface area contributed by atoms with Crippen LogP contribution in [-0.4, -0.2) is 20.8 Å². The van der Waals surface area contributed by atoms with Gasteiger partial charge in [-0.1, -0.05) is 6.92 Å². The smallest absolute Gasteiger partial charge is 0.324 e. The van der Waals surface area contributed by atoms with Crippen LogP contribution >= 0.6 is 15.4 Å². The SMILES string of the molecule is CCCP(=O)(O)OP(=O)(O)O. The van der Waals surface area contributed by atoms with E-state index in [0.29, 0.717) is 6.42 Å². The third-order valence-electron chi connectivity index (χ3n) is 0.740. The van der Waals surface area contributed by atoms with Crippen molar-refractivity contribution in [3.63, 3.8) is 0 Å². The molecule has 0 heterocycles. The highest BCUT2D eigenvalue weighted by Crippen LogP contribution is 2.56. The van der Waals surface area contributed by atoms with E-state index < -0.39 is 15.4 Å². The van der Waals surface area contributed by atoms with Crippen LogP contribution in [0.15, 0.2) is 0 Å². The van der Waals surface area contributed by atoms with E-state index in [1.165, 1.54) is 0 Å². The molecule has 1 atom stereocenters. The first-order chi connectivity index (χ1) is 4.77. The fraction of sp³-hybridized carbons (Fsp3) is 1.00. The van der Waals surface area contributed by atoms with Gasteiger partial charge in [0.25, 0.3) is 0 Å². The van der Waals surface area contributed by atoms with Crippen molar-refractivity contribution in [3.8, 4) is 0 Å². The second kappa shape index (κ2) is 3.81. The molecule has 0 aromatic rings. The van der Waals surface area contributed by atoms with Crippen molar-refractivity contribution < 1.29 is 28.1 Å². The van der Waals surface area contributed by atoms with E-state index in [1.807, 2.05) is 0 Å². The molecule has 0 rings (SSSR count). The van der Waals surface area contributed by atoms with Crippen molar-refractivity contribution in [3.05, 3.63) is 0 Å². The lowest BCUT2D eigenvalue weighted by atomic mass is 10.6. The summed E-state index contributed by atoms with van der Waals surface area (Å²) in [6.07, 6.45) is 0.0753. The van der Waals surface area contributed by atoms with Gasteiger partial charge in [0.15, 0.2) is 0 Å². The second-order valence-electron chi connectivity index (χ2n) is 1.93. The summed E-state index contributed by atoms with van der Waals surface area (Å²) >= 11 is 0. The molecule has 11 heavy (non-hydrogen) atoms. The van der Waals surface area contributed by atoms with Gasteiger partial charge >= 0.3 is 15.4 Å². The lowest BCUT2D eigenvalue weighted by molar-refractivity contribution is 0.263. The second-order valence-corrected chi connectivity index (χ2v) is 5.29. The first-order valence-electron chi connectivity index (χ1n) is 2.85. The normalized spacial score (nSPS) is 17.8. The van der Waals surface area contributed by atoms with Crippen molar-refractivity contribution >= 4 is 15.4 Å². The molecule has 0 aliphatic carbocycles. The lowest BCUT2D eigenvalue weighted by Crippen LogP contribution is -1.91. The highest BCUT2D eigenvalue weighted by Gasteiger charge is 2.29. The van der Waals surface area contributed by atoms with Gasteiger partial charge in [0.05, 0.1) is 6.16 Å². The van der Waals surface area contributed by atoms with Crippen molar-refractivity contribution in [1.29, 1.82) is 0 Å². The summed E-state index contributed by atoms with van der Waals surface area (Å²) in [5.74, 6) is 0. The molecule has 0 aliphatic heterocycles. The van der Waals surface area contributed by atoms with Crippen LogP contribution in [-0.2, 0) is 13.4 Å². The van der Waals surface area contributed by atoms with Crippen LogP contribution in [0.4, 0.5) is 0 Å². The van der Waals surface area contributed by atoms with Gasteiger partial charge in [-0.25, -0.2) is 8.88 Å². The molecule has 0 aliphatic rings. The fourth-order valence-electron chi connectivity index (χ4n) is 0.490. The summed E-state index contributed by atoms with van der Waals surface area (Å²) in [7, 11) is -8.91. The predicted molar refractivity (Wildman–Crippen MR) is 38.1 cm³/mol. The summed E-state index contributed by atoms with van der Waals surface area (Å²) in [6.45, 7) is 1.60. The molecule has 0 amide bonds. The Labute approximate surface area is 64.0 Å². The van der Waals surface area contributed by atoms with E-state index in [1.54, 1.807) is 6.92 Å². The summed E-state index contributed by atoms with van der Waals surface area (Å²) in [5.41, 5.74) is 0. The van der Waals surface area contributed by atoms with Crippen LogP contribution in [0.25, 0.3) is 0 Å². The largest absolute Gasteiger partial charge is 0.476 e. The monoisotopic (exact) mass is 204 g/mol. The van der Waals surface area contributed by atoms with Gasteiger partial charge in [-0.2, -0.15) is 0 Å². The molecule has 0 spiro atoms. The first-order valence-corrected chi connectivity index (χ1v) is 6.15. The summed E-state index contributed by atoms with van der Waals surface area (Å²) in [4.78, 5) is 25.0. The summed E-state index contributed by atoms with van der Waals surface area (Å²) in [6, 6.07) is 0. The molecule has 68 valence electrons. The standard InChI is InChI=1S/C3H10O6P2/c1-2-3-10(4,5)9-11(6,7)8/h2-3H2,1H3,(H,4,5)(H2,6,7,8). The maximum absolute atomic E-state index is 10.7. The van der Waals surface area contributed by atoms with Crippen LogP contribution in [0.2, 0.25) is 0 Å². The van der Waals surface area contributed by atoms with Crippen molar-refractivity contribution in [2.24, 2.45) is 0 Å². The minimum atomic E-state index is -4.83. The summed E-state index contributed by atoms with van der Waals surface area (Å²) < 4.78 is 24.4. The molecule has 1 unspecified atom stereocenters. The zero-order valence-electron chi connectivity index (χ0n) is 5.88. The Balaban J connectivity index is 4.14.